The lowest BCUT2D eigenvalue weighted by molar-refractivity contribution is 0.101. The minimum Gasteiger partial charge on any atom is -0.507 e. The van der Waals surface area contributed by atoms with Gasteiger partial charge in [-0.25, -0.2) is 0 Å². The SMILES string of the molecule is C=Cc1ccc(COc2ccc(C(C)=O)c(O)c2)cc1. The van der Waals surface area contributed by atoms with Crippen molar-refractivity contribution in [1.82, 2.24) is 0 Å². The Morgan fingerprint density at radius 1 is 1.25 bits per heavy atom. The van der Waals surface area contributed by atoms with E-state index in [0.717, 1.165) is 11.1 Å². The van der Waals surface area contributed by atoms with Crippen molar-refractivity contribution in [1.29, 1.82) is 0 Å². The van der Waals surface area contributed by atoms with Crippen LogP contribution in [0.1, 0.15) is 28.4 Å². The van der Waals surface area contributed by atoms with Crippen LogP contribution in [0.25, 0.3) is 6.08 Å². The average molecular weight is 268 g/mol. The highest BCUT2D eigenvalue weighted by Gasteiger charge is 2.07. The number of hydrogen-bond donors (Lipinski definition) is 1. The van der Waals surface area contributed by atoms with Crippen molar-refractivity contribution in [2.24, 2.45) is 0 Å². The molecule has 20 heavy (non-hydrogen) atoms. The third kappa shape index (κ3) is 3.26. The predicted molar refractivity (Wildman–Crippen MR) is 79.0 cm³/mol. The Hall–Kier alpha value is -2.55. The molecule has 0 unspecified atom stereocenters. The fourth-order valence-electron chi connectivity index (χ4n) is 1.82. The van der Waals surface area contributed by atoms with Gasteiger partial charge in [0, 0.05) is 6.07 Å². The molecule has 1 N–H and O–H groups in total. The van der Waals surface area contributed by atoms with Crippen LogP contribution in [0.2, 0.25) is 0 Å². The fraction of sp³-hybridized carbons (Fsp3) is 0.118. The van der Waals surface area contributed by atoms with E-state index in [0.29, 0.717) is 17.9 Å². The summed E-state index contributed by atoms with van der Waals surface area (Å²) in [6, 6.07) is 12.5. The van der Waals surface area contributed by atoms with Crippen molar-refractivity contribution < 1.29 is 14.6 Å². The van der Waals surface area contributed by atoms with Crippen molar-refractivity contribution in [3.8, 4) is 11.5 Å². The molecule has 0 aliphatic heterocycles. The largest absolute Gasteiger partial charge is 0.507 e. The highest BCUT2D eigenvalue weighted by atomic mass is 16.5. The molecule has 0 aromatic heterocycles. The van der Waals surface area contributed by atoms with Crippen LogP contribution < -0.4 is 4.74 Å². The molecule has 2 aromatic carbocycles. The topological polar surface area (TPSA) is 46.5 Å². The van der Waals surface area contributed by atoms with Crippen LogP contribution in [0.15, 0.2) is 49.0 Å². The van der Waals surface area contributed by atoms with Crippen LogP contribution in [-0.4, -0.2) is 10.9 Å². The molecule has 0 bridgehead atoms. The van der Waals surface area contributed by atoms with E-state index in [9.17, 15) is 9.90 Å². The smallest absolute Gasteiger partial charge is 0.163 e. The zero-order chi connectivity index (χ0) is 14.5. The predicted octanol–water partition coefficient (Wildman–Crippen LogP) is 3.82. The highest BCUT2D eigenvalue weighted by molar-refractivity contribution is 5.96. The normalized spacial score (nSPS) is 10.1. The first-order chi connectivity index (χ1) is 9.60. The van der Waals surface area contributed by atoms with E-state index < -0.39 is 0 Å². The van der Waals surface area contributed by atoms with Gasteiger partial charge in [-0.1, -0.05) is 36.9 Å². The lowest BCUT2D eigenvalue weighted by atomic mass is 10.1. The average Bonchev–Trinajstić information content (AvgIpc) is 2.45. The first-order valence-corrected chi connectivity index (χ1v) is 6.28. The number of aromatic hydroxyl groups is 1. The number of phenols is 1. The van der Waals surface area contributed by atoms with Gasteiger partial charge in [0.25, 0.3) is 0 Å². The van der Waals surface area contributed by atoms with Gasteiger partial charge in [0.2, 0.25) is 0 Å². The second kappa shape index (κ2) is 6.06. The molecule has 2 aromatic rings. The third-order valence-corrected chi connectivity index (χ3v) is 2.97. The molecule has 0 atom stereocenters. The van der Waals surface area contributed by atoms with E-state index in [1.165, 1.54) is 13.0 Å². The second-order valence-electron chi connectivity index (χ2n) is 4.47. The van der Waals surface area contributed by atoms with Crippen LogP contribution in [0.4, 0.5) is 0 Å². The quantitative estimate of drug-likeness (QED) is 0.838. The second-order valence-corrected chi connectivity index (χ2v) is 4.47. The van der Waals surface area contributed by atoms with Gasteiger partial charge in [0.05, 0.1) is 5.56 Å². The molecule has 0 aliphatic rings. The molecule has 0 heterocycles. The van der Waals surface area contributed by atoms with E-state index in [1.807, 2.05) is 24.3 Å². The molecule has 2 rings (SSSR count). The molecule has 0 saturated heterocycles. The number of Topliss-reactive ketones (excluding diaryl/α,β-unsaturated/α-hetero) is 1. The van der Waals surface area contributed by atoms with Crippen LogP contribution in [0.3, 0.4) is 0 Å². The zero-order valence-electron chi connectivity index (χ0n) is 11.3. The van der Waals surface area contributed by atoms with E-state index in [4.69, 9.17) is 4.74 Å². The van der Waals surface area contributed by atoms with E-state index in [1.54, 1.807) is 18.2 Å². The van der Waals surface area contributed by atoms with Crippen LogP contribution in [0.5, 0.6) is 11.5 Å². The summed E-state index contributed by atoms with van der Waals surface area (Å²) in [5.41, 5.74) is 2.37. The third-order valence-electron chi connectivity index (χ3n) is 2.97. The number of rotatable bonds is 5. The summed E-state index contributed by atoms with van der Waals surface area (Å²) in [5.74, 6) is 0.298. The molecular formula is C17H16O3. The summed E-state index contributed by atoms with van der Waals surface area (Å²) in [6.45, 7) is 5.51. The van der Waals surface area contributed by atoms with Gasteiger partial charge in [-0.15, -0.1) is 0 Å². The Morgan fingerprint density at radius 2 is 1.95 bits per heavy atom. The van der Waals surface area contributed by atoms with Crippen molar-refractivity contribution in [3.05, 3.63) is 65.7 Å². The van der Waals surface area contributed by atoms with Gasteiger partial charge >= 0.3 is 0 Å². The minimum atomic E-state index is -0.172. The van der Waals surface area contributed by atoms with Gasteiger partial charge in [0.1, 0.15) is 18.1 Å². The Labute approximate surface area is 118 Å². The van der Waals surface area contributed by atoms with Crippen LogP contribution >= 0.6 is 0 Å². The number of carbonyl (C=O) groups excluding carboxylic acids is 1. The molecule has 0 saturated carbocycles. The Kier molecular flexibility index (Phi) is 4.20. The number of hydrogen-bond acceptors (Lipinski definition) is 3. The molecule has 0 fully saturated rings. The minimum absolute atomic E-state index is 0.0583. The van der Waals surface area contributed by atoms with Gasteiger partial charge in [-0.3, -0.25) is 4.79 Å². The first-order valence-electron chi connectivity index (χ1n) is 6.28. The monoisotopic (exact) mass is 268 g/mol. The summed E-state index contributed by atoms with van der Waals surface area (Å²) in [6.07, 6.45) is 1.78. The summed E-state index contributed by atoms with van der Waals surface area (Å²) in [7, 11) is 0. The van der Waals surface area contributed by atoms with Crippen molar-refractivity contribution in [2.45, 2.75) is 13.5 Å². The van der Waals surface area contributed by atoms with Crippen LogP contribution in [-0.2, 0) is 6.61 Å². The van der Waals surface area contributed by atoms with Crippen molar-refractivity contribution in [2.75, 3.05) is 0 Å². The molecule has 0 aliphatic carbocycles. The van der Waals surface area contributed by atoms with Gasteiger partial charge < -0.3 is 9.84 Å². The highest BCUT2D eigenvalue weighted by Crippen LogP contribution is 2.24. The Bertz CT molecular complexity index is 627. The molecule has 0 spiro atoms. The Balaban J connectivity index is 2.05. The summed E-state index contributed by atoms with van der Waals surface area (Å²) >= 11 is 0. The molecule has 3 heteroatoms. The summed E-state index contributed by atoms with van der Waals surface area (Å²) in [4.78, 5) is 11.2. The van der Waals surface area contributed by atoms with Gasteiger partial charge in [-0.05, 0) is 30.2 Å². The standard InChI is InChI=1S/C17H16O3/c1-3-13-4-6-14(7-5-13)11-20-15-8-9-16(12(2)18)17(19)10-15/h3-10,19H,1,11H2,2H3. The lowest BCUT2D eigenvalue weighted by Crippen LogP contribution is -1.97. The summed E-state index contributed by atoms with van der Waals surface area (Å²) < 4.78 is 5.58. The molecule has 0 radical (unpaired) electrons. The van der Waals surface area contributed by atoms with Gasteiger partial charge in [-0.2, -0.15) is 0 Å². The van der Waals surface area contributed by atoms with Crippen molar-refractivity contribution in [3.63, 3.8) is 0 Å². The number of benzene rings is 2. The van der Waals surface area contributed by atoms with Crippen molar-refractivity contribution >= 4 is 11.9 Å². The maximum Gasteiger partial charge on any atom is 0.163 e. The molecule has 102 valence electrons. The Morgan fingerprint density at radius 3 is 2.50 bits per heavy atom. The van der Waals surface area contributed by atoms with E-state index >= 15 is 0 Å². The number of ketones is 1. The lowest BCUT2D eigenvalue weighted by Gasteiger charge is -2.08. The summed E-state index contributed by atoms with van der Waals surface area (Å²) in [5, 5.41) is 9.72. The fourth-order valence-corrected chi connectivity index (χ4v) is 1.82. The number of phenolic OH excluding ortho intramolecular Hbond substituents is 1. The molecule has 0 amide bonds. The number of ether oxygens (including phenoxy) is 1. The van der Waals surface area contributed by atoms with Crippen LogP contribution in [0, 0.1) is 0 Å². The number of carbonyl (C=O) groups is 1. The van der Waals surface area contributed by atoms with E-state index in [-0.39, 0.29) is 11.5 Å². The molecule has 3 nitrogen and oxygen atoms in total. The van der Waals surface area contributed by atoms with E-state index in [2.05, 4.69) is 6.58 Å². The maximum absolute atomic E-state index is 11.2. The maximum atomic E-state index is 11.2. The van der Waals surface area contributed by atoms with Gasteiger partial charge in [0.15, 0.2) is 5.78 Å². The first kappa shape index (κ1) is 13.9. The zero-order valence-corrected chi connectivity index (χ0v) is 11.3. The molecular weight excluding hydrogens is 252 g/mol.